The van der Waals surface area contributed by atoms with E-state index in [9.17, 15) is 0 Å². The molecule has 0 spiro atoms. The van der Waals surface area contributed by atoms with Crippen molar-refractivity contribution in [2.75, 3.05) is 0 Å². The van der Waals surface area contributed by atoms with Gasteiger partial charge in [-0.3, -0.25) is 0 Å². The molecule has 10 rings (SSSR count). The van der Waals surface area contributed by atoms with E-state index in [-0.39, 0.29) is 0 Å². The smallest absolute Gasteiger partial charge is 0.171 e. The maximum atomic E-state index is 6.81. The van der Waals surface area contributed by atoms with Crippen molar-refractivity contribution in [3.63, 3.8) is 0 Å². The first-order valence-corrected chi connectivity index (χ1v) is 14.6. The molecule has 0 radical (unpaired) electrons. The Morgan fingerprint density at radius 3 is 1.57 bits per heavy atom. The van der Waals surface area contributed by atoms with Crippen LogP contribution in [0.25, 0.3) is 99.6 Å². The number of hydrogen-bond donors (Lipinski definition) is 0. The monoisotopic (exact) mass is 563 g/mol. The maximum Gasteiger partial charge on any atom is 0.171 e. The van der Waals surface area contributed by atoms with Gasteiger partial charge in [0.1, 0.15) is 16.7 Å². The maximum absolute atomic E-state index is 6.81. The van der Waals surface area contributed by atoms with E-state index in [0.717, 1.165) is 65.6 Å². The molecule has 204 valence electrons. The van der Waals surface area contributed by atoms with Crippen molar-refractivity contribution in [1.82, 2.24) is 15.0 Å². The van der Waals surface area contributed by atoms with Gasteiger partial charge in [0, 0.05) is 38.1 Å². The normalized spacial score (nSPS) is 12.1. The number of nitrogens with zero attached hydrogens (tertiary/aromatic N) is 3. The molecule has 0 bridgehead atoms. The van der Waals surface area contributed by atoms with Gasteiger partial charge in [-0.15, -0.1) is 0 Å². The Morgan fingerprint density at radius 2 is 0.841 bits per heavy atom. The number of furan rings is 2. The van der Waals surface area contributed by atoms with E-state index in [1.54, 1.807) is 0 Å². The third kappa shape index (κ3) is 3.15. The van der Waals surface area contributed by atoms with Crippen LogP contribution in [-0.4, -0.2) is 15.0 Å². The van der Waals surface area contributed by atoms with E-state index in [4.69, 9.17) is 23.8 Å². The summed E-state index contributed by atoms with van der Waals surface area (Å²) in [5.74, 6) is 1.68. The third-order valence-electron chi connectivity index (χ3n) is 8.67. The van der Waals surface area contributed by atoms with E-state index in [1.807, 2.05) is 78.9 Å². The Labute approximate surface area is 250 Å². The molecule has 3 heterocycles. The highest BCUT2D eigenvalue weighted by Crippen LogP contribution is 2.51. The summed E-state index contributed by atoms with van der Waals surface area (Å²) in [7, 11) is 0. The van der Waals surface area contributed by atoms with Gasteiger partial charge in [-0.2, -0.15) is 0 Å². The van der Waals surface area contributed by atoms with Crippen molar-refractivity contribution in [2.24, 2.45) is 0 Å². The van der Waals surface area contributed by atoms with Crippen LogP contribution in [0.5, 0.6) is 0 Å². The summed E-state index contributed by atoms with van der Waals surface area (Å²) in [4.78, 5) is 15.2. The summed E-state index contributed by atoms with van der Waals surface area (Å²) in [6, 6.07) is 43.1. The van der Waals surface area contributed by atoms with Gasteiger partial charge in [0.05, 0.1) is 0 Å². The molecule has 44 heavy (non-hydrogen) atoms. The number of rotatable bonds is 3. The van der Waals surface area contributed by atoms with E-state index < -0.39 is 0 Å². The summed E-state index contributed by atoms with van der Waals surface area (Å²) >= 11 is 0. The van der Waals surface area contributed by atoms with Crippen molar-refractivity contribution < 1.29 is 8.83 Å². The Balaban J connectivity index is 1.45. The van der Waals surface area contributed by atoms with Crippen LogP contribution in [0.1, 0.15) is 0 Å². The Morgan fingerprint density at radius 1 is 0.341 bits per heavy atom. The molecule has 0 aliphatic rings. The molecule has 7 aromatic carbocycles. The minimum absolute atomic E-state index is 0.507. The molecule has 0 N–H and O–H groups in total. The van der Waals surface area contributed by atoms with Crippen LogP contribution < -0.4 is 0 Å². The number of benzene rings is 7. The highest BCUT2D eigenvalue weighted by atomic mass is 16.3. The van der Waals surface area contributed by atoms with Gasteiger partial charge in [-0.1, -0.05) is 115 Å². The fraction of sp³-hybridized carbons (Fsp3) is 0. The number of aromatic nitrogens is 3. The second-order valence-electron chi connectivity index (χ2n) is 11.1. The van der Waals surface area contributed by atoms with Gasteiger partial charge >= 0.3 is 0 Å². The first-order valence-electron chi connectivity index (χ1n) is 14.6. The van der Waals surface area contributed by atoms with Gasteiger partial charge in [-0.05, 0) is 28.3 Å². The number of para-hydroxylation sites is 1. The van der Waals surface area contributed by atoms with Gasteiger partial charge in [-0.25, -0.2) is 15.0 Å². The molecule has 0 unspecified atom stereocenters. The lowest BCUT2D eigenvalue weighted by atomic mass is 9.90. The number of fused-ring (bicyclic) bond motifs is 7. The summed E-state index contributed by atoms with van der Waals surface area (Å²) in [6.07, 6.45) is 0. The molecular weight excluding hydrogens is 542 g/mol. The SMILES string of the molecule is c1ccc(-c2nc(-c3ccccc3)nc(-c3c4oc5ccccc5c4c4c5ccccc5c5cccc6oc3c4c65)n2)cc1. The molecule has 3 aromatic heterocycles. The largest absolute Gasteiger partial charge is 0.455 e. The van der Waals surface area contributed by atoms with Crippen LogP contribution in [0.3, 0.4) is 0 Å². The summed E-state index contributed by atoms with van der Waals surface area (Å²) < 4.78 is 13.6. The molecule has 5 heteroatoms. The van der Waals surface area contributed by atoms with Crippen molar-refractivity contribution >= 4 is 65.4 Å². The van der Waals surface area contributed by atoms with Crippen molar-refractivity contribution in [3.8, 4) is 34.2 Å². The first kappa shape index (κ1) is 23.5. The average molecular weight is 564 g/mol. The zero-order chi connectivity index (χ0) is 28.8. The van der Waals surface area contributed by atoms with E-state index >= 15 is 0 Å². The van der Waals surface area contributed by atoms with E-state index in [1.165, 1.54) is 5.39 Å². The highest BCUT2D eigenvalue weighted by Gasteiger charge is 2.29. The van der Waals surface area contributed by atoms with Gasteiger partial charge in [0.15, 0.2) is 28.6 Å². The van der Waals surface area contributed by atoms with Crippen LogP contribution in [-0.2, 0) is 0 Å². The Hall–Kier alpha value is -6.07. The summed E-state index contributed by atoms with van der Waals surface area (Å²) in [6.45, 7) is 0. The molecule has 0 fully saturated rings. The van der Waals surface area contributed by atoms with E-state index in [2.05, 4.69) is 48.5 Å². The molecule has 0 atom stereocenters. The predicted octanol–water partition coefficient (Wildman–Crippen LogP) is 10.4. The van der Waals surface area contributed by atoms with Crippen LogP contribution in [0.4, 0.5) is 0 Å². The zero-order valence-corrected chi connectivity index (χ0v) is 23.3. The molecule has 0 amide bonds. The Bertz CT molecular complexity index is 2630. The second kappa shape index (κ2) is 8.72. The molecule has 0 saturated carbocycles. The molecule has 0 aliphatic heterocycles. The van der Waals surface area contributed by atoms with Gasteiger partial charge < -0.3 is 8.83 Å². The molecule has 5 nitrogen and oxygen atoms in total. The lowest BCUT2D eigenvalue weighted by Crippen LogP contribution is -2.00. The third-order valence-corrected chi connectivity index (χ3v) is 8.67. The molecule has 10 aromatic rings. The molecule has 0 saturated heterocycles. The molecular formula is C39H21N3O2. The fourth-order valence-electron chi connectivity index (χ4n) is 6.81. The quantitative estimate of drug-likeness (QED) is 0.200. The lowest BCUT2D eigenvalue weighted by Gasteiger charge is -2.12. The lowest BCUT2D eigenvalue weighted by molar-refractivity contribution is 0.657. The van der Waals surface area contributed by atoms with Crippen LogP contribution >= 0.6 is 0 Å². The van der Waals surface area contributed by atoms with Gasteiger partial charge in [0.25, 0.3) is 0 Å². The standard InChI is InChI=1S/C39H21N3O2/c1-3-12-22(13-4-1)37-40-38(23-14-5-2-6-15-23)42-39(41-37)34-35-32(27-18-9-10-20-28(27)43-35)31-26-17-8-7-16-24(26)25-19-11-21-29-30(25)33(31)36(34)44-29/h1-21H. The first-order chi connectivity index (χ1) is 21.8. The summed E-state index contributed by atoms with van der Waals surface area (Å²) in [5.41, 5.74) is 5.59. The van der Waals surface area contributed by atoms with Crippen LogP contribution in [0.2, 0.25) is 0 Å². The fourth-order valence-corrected chi connectivity index (χ4v) is 6.81. The summed E-state index contributed by atoms with van der Waals surface area (Å²) in [5, 5.41) is 8.88. The zero-order valence-electron chi connectivity index (χ0n) is 23.3. The Kier molecular flexibility index (Phi) is 4.66. The van der Waals surface area contributed by atoms with Crippen LogP contribution in [0.15, 0.2) is 136 Å². The van der Waals surface area contributed by atoms with Crippen molar-refractivity contribution in [3.05, 3.63) is 127 Å². The van der Waals surface area contributed by atoms with Crippen molar-refractivity contribution in [2.45, 2.75) is 0 Å². The van der Waals surface area contributed by atoms with Crippen LogP contribution in [0, 0.1) is 0 Å². The van der Waals surface area contributed by atoms with Gasteiger partial charge in [0.2, 0.25) is 0 Å². The minimum atomic E-state index is 0.507. The topological polar surface area (TPSA) is 65.0 Å². The van der Waals surface area contributed by atoms with Crippen molar-refractivity contribution in [1.29, 1.82) is 0 Å². The second-order valence-corrected chi connectivity index (χ2v) is 11.1. The van der Waals surface area contributed by atoms with E-state index in [0.29, 0.717) is 28.6 Å². The highest BCUT2D eigenvalue weighted by molar-refractivity contribution is 6.42. The number of hydrogen-bond acceptors (Lipinski definition) is 5. The minimum Gasteiger partial charge on any atom is -0.455 e. The predicted molar refractivity (Wildman–Crippen MR) is 177 cm³/mol. The average Bonchev–Trinajstić information content (AvgIpc) is 3.67. The molecule has 0 aliphatic carbocycles.